The predicted octanol–water partition coefficient (Wildman–Crippen LogP) is 11.9. The van der Waals surface area contributed by atoms with Crippen LogP contribution in [0.4, 0.5) is 0 Å². The van der Waals surface area contributed by atoms with E-state index in [1.54, 1.807) is 11.1 Å². The van der Waals surface area contributed by atoms with Crippen LogP contribution in [0.15, 0.2) is 145 Å². The molecule has 0 N–H and O–H groups in total. The lowest BCUT2D eigenvalue weighted by Crippen LogP contribution is -2.13. The Hall–Kier alpha value is -4.68. The highest BCUT2D eigenvalue weighted by atomic mass is 14.3. The van der Waals surface area contributed by atoms with E-state index in [9.17, 15) is 0 Å². The highest BCUT2D eigenvalue weighted by Gasteiger charge is 2.27. The van der Waals surface area contributed by atoms with Crippen LogP contribution in [0.5, 0.6) is 0 Å². The molecular formula is C42H34. The van der Waals surface area contributed by atoms with Crippen LogP contribution in [-0.2, 0) is 0 Å². The third-order valence-corrected chi connectivity index (χ3v) is 9.42. The van der Waals surface area contributed by atoms with Crippen LogP contribution in [0.2, 0.25) is 0 Å². The quantitative estimate of drug-likeness (QED) is 0.196. The molecule has 0 aromatic heterocycles. The van der Waals surface area contributed by atoms with Gasteiger partial charge >= 0.3 is 0 Å². The van der Waals surface area contributed by atoms with Gasteiger partial charge in [-0.3, -0.25) is 0 Å². The molecule has 0 saturated carbocycles. The molecule has 0 heterocycles. The molecule has 202 valence electrons. The smallest absolute Gasteiger partial charge is 0.00259 e. The summed E-state index contributed by atoms with van der Waals surface area (Å²) in [6, 6.07) is 47.1. The number of fused-ring (bicyclic) bond motifs is 3. The van der Waals surface area contributed by atoms with Crippen molar-refractivity contribution in [2.24, 2.45) is 5.92 Å². The topological polar surface area (TPSA) is 0 Å². The van der Waals surface area contributed by atoms with Gasteiger partial charge in [-0.25, -0.2) is 0 Å². The third kappa shape index (κ3) is 4.30. The van der Waals surface area contributed by atoms with Crippen molar-refractivity contribution in [1.82, 2.24) is 0 Å². The molecule has 0 saturated heterocycles. The second-order valence-corrected chi connectivity index (χ2v) is 11.9. The monoisotopic (exact) mass is 538 g/mol. The van der Waals surface area contributed by atoms with E-state index in [2.05, 4.69) is 140 Å². The number of benzene rings is 6. The lowest BCUT2D eigenvalue weighted by Gasteiger charge is -2.31. The summed E-state index contributed by atoms with van der Waals surface area (Å²) in [6.45, 7) is 0. The Balaban J connectivity index is 1.46. The Bertz CT molecular complexity index is 1870. The van der Waals surface area contributed by atoms with Crippen LogP contribution in [0.1, 0.15) is 37.7 Å². The zero-order chi connectivity index (χ0) is 27.9. The summed E-state index contributed by atoms with van der Waals surface area (Å²) >= 11 is 0. The molecular weight excluding hydrogens is 504 g/mol. The second kappa shape index (κ2) is 10.6. The van der Waals surface area contributed by atoms with E-state index in [-0.39, 0.29) is 0 Å². The van der Waals surface area contributed by atoms with Crippen molar-refractivity contribution in [3.05, 3.63) is 151 Å². The predicted molar refractivity (Wildman–Crippen MR) is 180 cm³/mol. The van der Waals surface area contributed by atoms with E-state index in [0.717, 1.165) is 6.42 Å². The fourth-order valence-corrected chi connectivity index (χ4v) is 7.52. The first-order valence-electron chi connectivity index (χ1n) is 15.4. The minimum absolute atomic E-state index is 0.701. The van der Waals surface area contributed by atoms with Gasteiger partial charge in [-0.2, -0.15) is 0 Å². The molecule has 1 unspecified atom stereocenters. The summed E-state index contributed by atoms with van der Waals surface area (Å²) in [5, 5.41) is 5.43. The van der Waals surface area contributed by atoms with Gasteiger partial charge in [0.2, 0.25) is 0 Å². The van der Waals surface area contributed by atoms with Gasteiger partial charge in [0.1, 0.15) is 0 Å². The fraction of sp³-hybridized carbons (Fsp3) is 0.143. The van der Waals surface area contributed by atoms with Crippen LogP contribution >= 0.6 is 0 Å². The Morgan fingerprint density at radius 1 is 0.452 bits per heavy atom. The van der Waals surface area contributed by atoms with Gasteiger partial charge in [0.05, 0.1) is 0 Å². The third-order valence-electron chi connectivity index (χ3n) is 9.42. The normalized spacial score (nSPS) is 16.6. The summed E-state index contributed by atoms with van der Waals surface area (Å²) < 4.78 is 0. The van der Waals surface area contributed by atoms with Crippen molar-refractivity contribution >= 4 is 27.1 Å². The van der Waals surface area contributed by atoms with E-state index >= 15 is 0 Å². The first kappa shape index (κ1) is 25.1. The molecule has 0 aliphatic heterocycles. The molecule has 2 aliphatic carbocycles. The van der Waals surface area contributed by atoms with Crippen molar-refractivity contribution in [2.45, 2.75) is 32.1 Å². The zero-order valence-electron chi connectivity index (χ0n) is 23.9. The van der Waals surface area contributed by atoms with Crippen LogP contribution in [0, 0.1) is 5.92 Å². The number of allylic oxidation sites excluding steroid dienone is 4. The molecule has 42 heavy (non-hydrogen) atoms. The van der Waals surface area contributed by atoms with Gasteiger partial charge in [0, 0.05) is 0 Å². The maximum atomic E-state index is 2.45. The minimum atomic E-state index is 0.701. The van der Waals surface area contributed by atoms with Crippen LogP contribution in [-0.4, -0.2) is 0 Å². The Morgan fingerprint density at radius 2 is 0.952 bits per heavy atom. The van der Waals surface area contributed by atoms with Crippen LogP contribution < -0.4 is 0 Å². The zero-order valence-corrected chi connectivity index (χ0v) is 23.9. The summed E-state index contributed by atoms with van der Waals surface area (Å²) in [4.78, 5) is 0. The van der Waals surface area contributed by atoms with Gasteiger partial charge in [0.25, 0.3) is 0 Å². The largest absolute Gasteiger partial charge is 0.0842 e. The molecule has 0 nitrogen and oxygen atoms in total. The first-order valence-corrected chi connectivity index (χ1v) is 15.4. The number of hydrogen-bond donors (Lipinski definition) is 0. The standard InChI is InChI=1S/C42H34/c1-3-14-29(15-4-1)32-26-33(30-16-5-2-6-17-30)28-34(27-32)41-37-21-9-11-23-39(37)42(40-24-12-10-22-38(40)41)36-25-13-19-31-18-7-8-20-35(31)36/h1-6,8-12,14-17,20-24,26-28,31H,7,13,18-19,25H2. The van der Waals surface area contributed by atoms with Crippen molar-refractivity contribution in [3.8, 4) is 33.4 Å². The molecule has 8 rings (SSSR count). The molecule has 0 heteroatoms. The number of hydrogen-bond acceptors (Lipinski definition) is 0. The van der Waals surface area contributed by atoms with Crippen molar-refractivity contribution in [2.75, 3.05) is 0 Å². The Morgan fingerprint density at radius 3 is 1.52 bits per heavy atom. The minimum Gasteiger partial charge on any atom is -0.0842 e. The maximum absolute atomic E-state index is 2.45. The van der Waals surface area contributed by atoms with Gasteiger partial charge < -0.3 is 0 Å². The molecule has 0 spiro atoms. The molecule has 6 aromatic carbocycles. The van der Waals surface area contributed by atoms with Gasteiger partial charge in [-0.05, 0) is 128 Å². The van der Waals surface area contributed by atoms with Crippen molar-refractivity contribution in [1.29, 1.82) is 0 Å². The lowest BCUT2D eigenvalue weighted by atomic mass is 9.73. The molecule has 0 fully saturated rings. The van der Waals surface area contributed by atoms with E-state index < -0.39 is 0 Å². The van der Waals surface area contributed by atoms with Crippen LogP contribution in [0.25, 0.3) is 60.5 Å². The summed E-state index contributed by atoms with van der Waals surface area (Å²) in [5.41, 5.74) is 12.2. The highest BCUT2D eigenvalue weighted by molar-refractivity contribution is 6.19. The number of rotatable bonds is 4. The summed E-state index contributed by atoms with van der Waals surface area (Å²) in [7, 11) is 0. The van der Waals surface area contributed by atoms with E-state index in [4.69, 9.17) is 0 Å². The van der Waals surface area contributed by atoms with Gasteiger partial charge in [0.15, 0.2) is 0 Å². The molecule has 2 aliphatic rings. The average molecular weight is 539 g/mol. The summed E-state index contributed by atoms with van der Waals surface area (Å²) in [5.74, 6) is 0.701. The molecule has 6 aromatic rings. The SMILES string of the molecule is C1=CC2=C(c3c4ccccc4c(-c4cc(-c5ccccc5)cc(-c5ccccc5)c4)c4ccccc34)CCCC2CC1. The lowest BCUT2D eigenvalue weighted by molar-refractivity contribution is 0.487. The van der Waals surface area contributed by atoms with Crippen molar-refractivity contribution in [3.63, 3.8) is 0 Å². The highest BCUT2D eigenvalue weighted by Crippen LogP contribution is 2.48. The molecule has 1 atom stereocenters. The summed E-state index contributed by atoms with van der Waals surface area (Å²) in [6.07, 6.45) is 11.1. The first-order chi connectivity index (χ1) is 20.8. The van der Waals surface area contributed by atoms with Gasteiger partial charge in [-0.15, -0.1) is 0 Å². The molecule has 0 amide bonds. The van der Waals surface area contributed by atoms with Gasteiger partial charge in [-0.1, -0.05) is 121 Å². The Kier molecular flexibility index (Phi) is 6.34. The Labute approximate surface area is 248 Å². The van der Waals surface area contributed by atoms with E-state index in [0.29, 0.717) is 5.92 Å². The van der Waals surface area contributed by atoms with Crippen LogP contribution in [0.3, 0.4) is 0 Å². The fourth-order valence-electron chi connectivity index (χ4n) is 7.52. The molecule has 0 bridgehead atoms. The van der Waals surface area contributed by atoms with E-state index in [1.807, 2.05) is 0 Å². The second-order valence-electron chi connectivity index (χ2n) is 11.9. The maximum Gasteiger partial charge on any atom is -0.00259 e. The average Bonchev–Trinajstić information content (AvgIpc) is 3.07. The van der Waals surface area contributed by atoms with Crippen molar-refractivity contribution < 1.29 is 0 Å². The van der Waals surface area contributed by atoms with E-state index in [1.165, 1.54) is 86.2 Å². The molecule has 0 radical (unpaired) electrons.